The summed E-state index contributed by atoms with van der Waals surface area (Å²) in [6.07, 6.45) is 3.58. The Hall–Kier alpha value is -2.08. The van der Waals surface area contributed by atoms with Crippen molar-refractivity contribution in [2.45, 2.75) is 13.0 Å². The van der Waals surface area contributed by atoms with Crippen LogP contribution in [0.25, 0.3) is 0 Å². The molecular formula is C13H13N3O2S. The van der Waals surface area contributed by atoms with Gasteiger partial charge in [-0.3, -0.25) is 0 Å². The van der Waals surface area contributed by atoms with Gasteiger partial charge >= 0.3 is 5.97 Å². The van der Waals surface area contributed by atoms with Gasteiger partial charge in [0.25, 0.3) is 0 Å². The van der Waals surface area contributed by atoms with Crippen LogP contribution >= 0.6 is 11.3 Å². The number of hydrogen-bond donors (Lipinski definition) is 1. The van der Waals surface area contributed by atoms with E-state index in [1.165, 1.54) is 7.11 Å². The standard InChI is InChI=1S/C13H13N3O2S/c1-8-10(12(17)18-2)11(9-4-3-7-19-9)16-6-5-14-13(16)15-8/h3-7,11H,1-2H3,(H,14,15). The quantitative estimate of drug-likeness (QED) is 0.855. The van der Waals surface area contributed by atoms with Crippen molar-refractivity contribution >= 4 is 23.3 Å². The second kappa shape index (κ2) is 4.55. The first-order valence-electron chi connectivity index (χ1n) is 5.84. The van der Waals surface area contributed by atoms with Crippen molar-refractivity contribution in [3.8, 4) is 0 Å². The normalized spacial score (nSPS) is 17.9. The summed E-state index contributed by atoms with van der Waals surface area (Å²) in [5, 5.41) is 5.13. The van der Waals surface area contributed by atoms with Gasteiger partial charge in [0.15, 0.2) is 0 Å². The van der Waals surface area contributed by atoms with Crippen LogP contribution in [0.15, 0.2) is 41.2 Å². The lowest BCUT2D eigenvalue weighted by atomic mass is 10.0. The number of imidazole rings is 1. The number of allylic oxidation sites excluding steroid dienone is 1. The highest BCUT2D eigenvalue weighted by Gasteiger charge is 2.33. The lowest BCUT2D eigenvalue weighted by molar-refractivity contribution is -0.136. The Bertz CT molecular complexity index is 643. The maximum Gasteiger partial charge on any atom is 0.338 e. The van der Waals surface area contributed by atoms with E-state index < -0.39 is 0 Å². The number of nitrogens with one attached hydrogen (secondary N) is 1. The van der Waals surface area contributed by atoms with E-state index in [0.717, 1.165) is 16.5 Å². The summed E-state index contributed by atoms with van der Waals surface area (Å²) in [6.45, 7) is 1.87. The number of carbonyl (C=O) groups is 1. The molecule has 19 heavy (non-hydrogen) atoms. The minimum absolute atomic E-state index is 0.175. The number of thiophene rings is 1. The molecule has 0 spiro atoms. The summed E-state index contributed by atoms with van der Waals surface area (Å²) in [7, 11) is 1.40. The molecule has 0 saturated heterocycles. The van der Waals surface area contributed by atoms with Gasteiger partial charge in [0.1, 0.15) is 6.04 Å². The molecule has 1 N–H and O–H groups in total. The van der Waals surface area contributed by atoms with Gasteiger partial charge < -0.3 is 14.6 Å². The minimum Gasteiger partial charge on any atom is -0.466 e. The van der Waals surface area contributed by atoms with E-state index in [0.29, 0.717) is 5.57 Å². The van der Waals surface area contributed by atoms with Gasteiger partial charge in [-0.2, -0.15) is 0 Å². The SMILES string of the molecule is COC(=O)C1=C(C)Nc2nccn2C1c1cccs1. The molecule has 3 rings (SSSR count). The van der Waals surface area contributed by atoms with E-state index in [2.05, 4.69) is 10.3 Å². The maximum absolute atomic E-state index is 12.1. The average molecular weight is 275 g/mol. The molecule has 98 valence electrons. The molecule has 0 aliphatic carbocycles. The fourth-order valence-electron chi connectivity index (χ4n) is 2.30. The first kappa shape index (κ1) is 12.0. The van der Waals surface area contributed by atoms with Crippen LogP contribution in [0.5, 0.6) is 0 Å². The number of ether oxygens (including phenoxy) is 1. The van der Waals surface area contributed by atoms with Gasteiger partial charge in [0.2, 0.25) is 5.95 Å². The largest absolute Gasteiger partial charge is 0.466 e. The van der Waals surface area contributed by atoms with Crippen LogP contribution in [0.3, 0.4) is 0 Å². The molecule has 0 aromatic carbocycles. The number of carbonyl (C=O) groups excluding carboxylic acids is 1. The monoisotopic (exact) mass is 275 g/mol. The molecule has 6 heteroatoms. The molecule has 2 aromatic rings. The Morgan fingerprint density at radius 1 is 1.58 bits per heavy atom. The van der Waals surface area contributed by atoms with Crippen molar-refractivity contribution in [1.29, 1.82) is 0 Å². The van der Waals surface area contributed by atoms with Crippen molar-refractivity contribution < 1.29 is 9.53 Å². The van der Waals surface area contributed by atoms with E-state index in [1.807, 2.05) is 35.2 Å². The van der Waals surface area contributed by atoms with Crippen LogP contribution in [0, 0.1) is 0 Å². The number of nitrogens with zero attached hydrogens (tertiary/aromatic N) is 2. The first-order chi connectivity index (χ1) is 9.22. The third kappa shape index (κ3) is 1.84. The Morgan fingerprint density at radius 2 is 2.42 bits per heavy atom. The zero-order valence-corrected chi connectivity index (χ0v) is 11.4. The van der Waals surface area contributed by atoms with Crippen LogP contribution in [0.4, 0.5) is 5.95 Å². The Morgan fingerprint density at radius 3 is 3.11 bits per heavy atom. The van der Waals surface area contributed by atoms with Gasteiger partial charge in [-0.05, 0) is 18.4 Å². The molecule has 0 amide bonds. The fourth-order valence-corrected chi connectivity index (χ4v) is 3.13. The minimum atomic E-state index is -0.317. The predicted octanol–water partition coefficient (Wildman–Crippen LogP) is 2.41. The predicted molar refractivity (Wildman–Crippen MR) is 73.0 cm³/mol. The van der Waals surface area contributed by atoms with Gasteiger partial charge in [-0.1, -0.05) is 6.07 Å². The second-order valence-electron chi connectivity index (χ2n) is 4.23. The van der Waals surface area contributed by atoms with Crippen molar-refractivity contribution in [2.75, 3.05) is 12.4 Å². The van der Waals surface area contributed by atoms with E-state index in [4.69, 9.17) is 4.74 Å². The van der Waals surface area contributed by atoms with Gasteiger partial charge in [-0.25, -0.2) is 9.78 Å². The van der Waals surface area contributed by atoms with E-state index in [9.17, 15) is 4.79 Å². The Kier molecular flexibility index (Phi) is 2.87. The highest BCUT2D eigenvalue weighted by atomic mass is 32.1. The fraction of sp³-hybridized carbons (Fsp3) is 0.231. The molecule has 0 fully saturated rings. The Labute approximate surface area is 114 Å². The van der Waals surface area contributed by atoms with Crippen molar-refractivity contribution in [1.82, 2.24) is 9.55 Å². The summed E-state index contributed by atoms with van der Waals surface area (Å²) >= 11 is 1.61. The van der Waals surface area contributed by atoms with Crippen LogP contribution in [-0.4, -0.2) is 22.6 Å². The van der Waals surface area contributed by atoms with Crippen LogP contribution in [0.1, 0.15) is 17.8 Å². The third-order valence-corrected chi connectivity index (χ3v) is 4.07. The van der Waals surface area contributed by atoms with Gasteiger partial charge in [0.05, 0.1) is 12.7 Å². The highest BCUT2D eigenvalue weighted by Crippen LogP contribution is 2.37. The van der Waals surface area contributed by atoms with Crippen molar-refractivity contribution in [3.05, 3.63) is 46.1 Å². The summed E-state index contributed by atoms with van der Waals surface area (Å²) in [5.41, 5.74) is 1.40. The number of hydrogen-bond acceptors (Lipinski definition) is 5. The molecule has 0 bridgehead atoms. The van der Waals surface area contributed by atoms with Gasteiger partial charge in [0, 0.05) is 23.0 Å². The van der Waals surface area contributed by atoms with Crippen LogP contribution < -0.4 is 5.32 Å². The van der Waals surface area contributed by atoms with E-state index in [-0.39, 0.29) is 12.0 Å². The molecule has 1 unspecified atom stereocenters. The number of aromatic nitrogens is 2. The smallest absolute Gasteiger partial charge is 0.338 e. The average Bonchev–Trinajstić information content (AvgIpc) is 3.06. The zero-order valence-electron chi connectivity index (χ0n) is 10.6. The molecule has 3 heterocycles. The summed E-state index contributed by atoms with van der Waals surface area (Å²) in [5.74, 6) is 0.423. The summed E-state index contributed by atoms with van der Waals surface area (Å²) in [4.78, 5) is 17.4. The van der Waals surface area contributed by atoms with Crippen molar-refractivity contribution in [3.63, 3.8) is 0 Å². The number of fused-ring (bicyclic) bond motifs is 1. The molecule has 5 nitrogen and oxygen atoms in total. The molecule has 0 saturated carbocycles. The molecule has 1 aliphatic heterocycles. The molecule has 1 atom stereocenters. The second-order valence-corrected chi connectivity index (χ2v) is 5.21. The van der Waals surface area contributed by atoms with E-state index in [1.54, 1.807) is 17.5 Å². The molecule has 2 aromatic heterocycles. The van der Waals surface area contributed by atoms with E-state index >= 15 is 0 Å². The van der Waals surface area contributed by atoms with Crippen molar-refractivity contribution in [2.24, 2.45) is 0 Å². The summed E-state index contributed by atoms with van der Waals surface area (Å²) < 4.78 is 6.86. The Balaban J connectivity index is 2.18. The lowest BCUT2D eigenvalue weighted by Crippen LogP contribution is -2.27. The zero-order chi connectivity index (χ0) is 13.4. The number of anilines is 1. The highest BCUT2D eigenvalue weighted by molar-refractivity contribution is 7.10. The first-order valence-corrected chi connectivity index (χ1v) is 6.72. The van der Waals surface area contributed by atoms with Crippen LogP contribution in [0.2, 0.25) is 0 Å². The number of methoxy groups -OCH3 is 1. The number of rotatable bonds is 2. The molecule has 1 aliphatic rings. The number of esters is 1. The third-order valence-electron chi connectivity index (χ3n) is 3.14. The van der Waals surface area contributed by atoms with Crippen LogP contribution in [-0.2, 0) is 9.53 Å². The van der Waals surface area contributed by atoms with Gasteiger partial charge in [-0.15, -0.1) is 11.3 Å². The molecule has 0 radical (unpaired) electrons. The summed E-state index contributed by atoms with van der Waals surface area (Å²) in [6, 6.07) is 3.81. The lowest BCUT2D eigenvalue weighted by Gasteiger charge is -2.28. The molecular weight excluding hydrogens is 262 g/mol. The maximum atomic E-state index is 12.1. The topological polar surface area (TPSA) is 56.1 Å².